The van der Waals surface area contributed by atoms with E-state index in [0.29, 0.717) is 6.04 Å². The van der Waals surface area contributed by atoms with Crippen LogP contribution in [0.15, 0.2) is 54.3 Å². The van der Waals surface area contributed by atoms with Gasteiger partial charge in [-0.3, -0.25) is 0 Å². The van der Waals surface area contributed by atoms with Crippen molar-refractivity contribution in [3.05, 3.63) is 65.1 Å². The van der Waals surface area contributed by atoms with Gasteiger partial charge in [0, 0.05) is 22.0 Å². The molecule has 0 amide bonds. The van der Waals surface area contributed by atoms with Gasteiger partial charge in [-0.1, -0.05) is 50.0 Å². The van der Waals surface area contributed by atoms with E-state index in [4.69, 9.17) is 24.7 Å². The molecule has 0 saturated heterocycles. The first-order valence-corrected chi connectivity index (χ1v) is 32.8. The molecule has 1 atom stereocenters. The van der Waals surface area contributed by atoms with Gasteiger partial charge in [-0.2, -0.15) is 0 Å². The fraction of sp³-hybridized carbons (Fsp3) is 0.714. The predicted octanol–water partition coefficient (Wildman–Crippen LogP) is 14.2. The monoisotopic (exact) mass is 848 g/mol. The van der Waals surface area contributed by atoms with Crippen LogP contribution < -0.4 is 0 Å². The van der Waals surface area contributed by atoms with Crippen molar-refractivity contribution in [3.63, 3.8) is 0 Å². The van der Waals surface area contributed by atoms with E-state index in [0.717, 1.165) is 22.6 Å². The second-order valence-electron chi connectivity index (χ2n) is 16.9. The molecule has 0 radical (unpaired) electrons. The zero-order chi connectivity index (χ0) is 34.5. The van der Waals surface area contributed by atoms with Gasteiger partial charge in [0.25, 0.3) is 0 Å². The molecule has 5 aliphatic rings. The second kappa shape index (κ2) is 21.4. The van der Waals surface area contributed by atoms with E-state index in [-0.39, 0.29) is 15.8 Å². The maximum atomic E-state index is 5.93. The van der Waals surface area contributed by atoms with Crippen LogP contribution in [0.2, 0.25) is 19.6 Å². The summed E-state index contributed by atoms with van der Waals surface area (Å²) in [5.41, 5.74) is 7.13. The molecule has 49 heavy (non-hydrogen) atoms. The van der Waals surface area contributed by atoms with Crippen molar-refractivity contribution in [1.29, 1.82) is 0 Å². The molecule has 1 aliphatic heterocycles. The predicted molar refractivity (Wildman–Crippen MR) is 228 cm³/mol. The molecule has 1 aromatic rings. The van der Waals surface area contributed by atoms with Gasteiger partial charge in [-0.25, -0.2) is 0 Å². The van der Waals surface area contributed by atoms with Crippen molar-refractivity contribution < 1.29 is 13.5 Å². The van der Waals surface area contributed by atoms with Crippen molar-refractivity contribution in [3.8, 4) is 0 Å². The van der Waals surface area contributed by atoms with Crippen LogP contribution in [0, 0.1) is 0 Å². The summed E-state index contributed by atoms with van der Waals surface area (Å²) < 4.78 is 3.29. The second-order valence-corrected chi connectivity index (χ2v) is 33.5. The average molecular weight is 849 g/mol. The molecule has 0 bridgehead atoms. The Bertz CT molecular complexity index is 1210. The van der Waals surface area contributed by atoms with E-state index >= 15 is 0 Å². The van der Waals surface area contributed by atoms with Gasteiger partial charge in [0.15, 0.2) is 0 Å². The molecular weight excluding hydrogens is 780 g/mol. The zero-order valence-corrected chi connectivity index (χ0v) is 37.4. The Labute approximate surface area is 318 Å². The SMILES string of the molecule is C1=CC(C[PH+](C2CCCCC2)C2CCCCC2)[N-]C(C[PH+](C2CCCCC2)C2CCCCC2)=C1.C[Si](C)(C)C(=[C]=[Ru]([Cl])[Cl])c1ccccc1. The number of nitrogens with zero attached hydrogens (tertiary/aromatic N) is 1. The third-order valence-corrected chi connectivity index (χ3v) is 24.3. The van der Waals surface area contributed by atoms with Crippen LogP contribution in [0.5, 0.6) is 0 Å². The minimum absolute atomic E-state index is 0.300. The molecule has 0 aromatic heterocycles. The zero-order valence-electron chi connectivity index (χ0n) is 31.1. The average Bonchev–Trinajstić information content (AvgIpc) is 3.14. The van der Waals surface area contributed by atoms with Crippen molar-refractivity contribution in [2.24, 2.45) is 0 Å². The Morgan fingerprint density at radius 2 is 1.14 bits per heavy atom. The van der Waals surface area contributed by atoms with Gasteiger partial charge in [0.1, 0.15) is 0 Å². The van der Waals surface area contributed by atoms with Crippen LogP contribution in [0.3, 0.4) is 0 Å². The van der Waals surface area contributed by atoms with Gasteiger partial charge in [-0.15, -0.1) is 5.70 Å². The first-order chi connectivity index (χ1) is 23.8. The summed E-state index contributed by atoms with van der Waals surface area (Å²) in [6, 6.07) is 10.8. The van der Waals surface area contributed by atoms with Gasteiger partial charge in [-0.05, 0) is 103 Å². The fourth-order valence-corrected chi connectivity index (χ4v) is 24.1. The van der Waals surface area contributed by atoms with Crippen molar-refractivity contribution in [1.82, 2.24) is 0 Å². The topological polar surface area (TPSA) is 14.1 Å². The molecule has 1 nitrogen and oxygen atoms in total. The summed E-state index contributed by atoms with van der Waals surface area (Å²) in [5, 5.41) is 6.82. The van der Waals surface area contributed by atoms with Gasteiger partial charge in [0.2, 0.25) is 0 Å². The quantitative estimate of drug-likeness (QED) is 0.165. The number of hydrogen-bond acceptors (Lipinski definition) is 0. The van der Waals surface area contributed by atoms with E-state index in [2.05, 4.69) is 54.3 Å². The van der Waals surface area contributed by atoms with Crippen LogP contribution in [0.1, 0.15) is 134 Å². The Morgan fingerprint density at radius 1 is 0.694 bits per heavy atom. The fourth-order valence-electron chi connectivity index (χ4n) is 9.73. The minimum atomic E-state index is -1.85. The van der Waals surface area contributed by atoms with Crippen molar-refractivity contribution in [2.45, 2.75) is 177 Å². The van der Waals surface area contributed by atoms with E-state index in [1.54, 1.807) is 51.4 Å². The van der Waals surface area contributed by atoms with E-state index < -0.39 is 21.6 Å². The third-order valence-electron chi connectivity index (χ3n) is 12.3. The summed E-state index contributed by atoms with van der Waals surface area (Å²) in [5.74, 6) is 0. The number of halogens is 2. The first kappa shape index (κ1) is 40.6. The van der Waals surface area contributed by atoms with Crippen molar-refractivity contribution in [2.75, 3.05) is 12.3 Å². The number of benzene rings is 1. The Morgan fingerprint density at radius 3 is 1.57 bits per heavy atom. The molecule has 1 unspecified atom stereocenters. The van der Waals surface area contributed by atoms with E-state index in [1.165, 1.54) is 106 Å². The van der Waals surface area contributed by atoms with Crippen LogP contribution in [-0.2, 0) is 13.5 Å². The number of allylic oxidation sites excluding steroid dienone is 3. The summed E-state index contributed by atoms with van der Waals surface area (Å²) in [7, 11) is 9.81. The summed E-state index contributed by atoms with van der Waals surface area (Å²) in [6.45, 7) is 6.86. The third kappa shape index (κ3) is 13.4. The maximum absolute atomic E-state index is 5.93. The normalized spacial score (nSPS) is 23.7. The van der Waals surface area contributed by atoms with Crippen LogP contribution in [-0.4, -0.2) is 53.3 Å². The summed E-state index contributed by atoms with van der Waals surface area (Å²) in [6.07, 6.45) is 40.8. The standard InChI is InChI=1S/C31H52NP2.C11H14Si.2ClH.Ru/c1-5-16-28(17-6-1)33(29-18-7-2-8-19-29)24-26-14-13-15-27(32-26)25-34(30-20-9-3-10-21-30)31-22-11-4-12-23-31;1-10(12(2,3)4)11-8-6-5-7-9-11;;;/h13-15,26,28-31H,1-12,16-25H2;5-9H,2-4H3;2*1H;/q-1;;;;+2. The first-order valence-electron chi connectivity index (χ1n) is 20.3. The molecule has 1 heterocycles. The molecule has 0 spiro atoms. The number of hydrogen-bond donors (Lipinski definition) is 0. The van der Waals surface area contributed by atoms with Crippen LogP contribution in [0.4, 0.5) is 0 Å². The molecule has 7 heteroatoms. The van der Waals surface area contributed by atoms with Gasteiger partial charge in [0.05, 0.1) is 28.8 Å². The molecule has 276 valence electrons. The van der Waals surface area contributed by atoms with Gasteiger partial charge >= 0.3 is 106 Å². The summed E-state index contributed by atoms with van der Waals surface area (Å²) in [4.78, 5) is 0. The molecule has 4 saturated carbocycles. The molecule has 1 aromatic carbocycles. The van der Waals surface area contributed by atoms with Crippen molar-refractivity contribution >= 4 is 52.8 Å². The molecule has 0 N–H and O–H groups in total. The number of rotatable bonds is 10. The van der Waals surface area contributed by atoms with E-state index in [9.17, 15) is 0 Å². The van der Waals surface area contributed by atoms with Crippen LogP contribution >= 0.6 is 35.2 Å². The Balaban J connectivity index is 0.000000263. The molecule has 6 rings (SSSR count). The van der Waals surface area contributed by atoms with Crippen LogP contribution in [0.25, 0.3) is 10.5 Å². The van der Waals surface area contributed by atoms with E-state index in [1.807, 2.05) is 18.2 Å². The Hall–Kier alpha value is 0.430. The Kier molecular flexibility index (Phi) is 17.7. The molecular formula is C42H68Cl2NP2RuSi+. The molecule has 4 fully saturated rings. The summed E-state index contributed by atoms with van der Waals surface area (Å²) >= 11 is -1.85. The molecule has 4 aliphatic carbocycles. The van der Waals surface area contributed by atoms with Gasteiger partial charge < -0.3 is 5.32 Å².